The van der Waals surface area contributed by atoms with E-state index in [9.17, 15) is 22.0 Å². The van der Waals surface area contributed by atoms with Crippen molar-refractivity contribution in [2.24, 2.45) is 5.73 Å². The molecule has 0 heterocycles. The van der Waals surface area contributed by atoms with E-state index in [1.54, 1.807) is 6.92 Å². The van der Waals surface area contributed by atoms with Gasteiger partial charge in [0.05, 0.1) is 0 Å². The van der Waals surface area contributed by atoms with Gasteiger partial charge in [-0.25, -0.2) is 22.0 Å². The molecule has 1 nitrogen and oxygen atoms in total. The van der Waals surface area contributed by atoms with E-state index < -0.39 is 34.6 Å². The van der Waals surface area contributed by atoms with Crippen LogP contribution in [0, 0.1) is 29.1 Å². The summed E-state index contributed by atoms with van der Waals surface area (Å²) in [4.78, 5) is 0. The summed E-state index contributed by atoms with van der Waals surface area (Å²) < 4.78 is 64.9. The highest BCUT2D eigenvalue weighted by Crippen LogP contribution is 2.26. The molecule has 1 atom stereocenters. The van der Waals surface area contributed by atoms with E-state index in [2.05, 4.69) is 0 Å². The monoisotopic (exact) mass is 285 g/mol. The second kappa shape index (κ2) is 6.38. The summed E-state index contributed by atoms with van der Waals surface area (Å²) in [5, 5.41) is 0. The fraction of sp³-hybridized carbons (Fsp3) is 0.455. The van der Waals surface area contributed by atoms with Crippen molar-refractivity contribution in [1.29, 1.82) is 0 Å². The summed E-state index contributed by atoms with van der Waals surface area (Å²) >= 11 is 1.07. The molecule has 0 aromatic heterocycles. The number of thioether (sulfide) groups is 1. The second-order valence-corrected chi connectivity index (χ2v) is 4.97. The van der Waals surface area contributed by atoms with Gasteiger partial charge in [-0.15, -0.1) is 0 Å². The maximum atomic E-state index is 13.2. The van der Waals surface area contributed by atoms with Crippen LogP contribution in [0.1, 0.15) is 18.9 Å². The summed E-state index contributed by atoms with van der Waals surface area (Å²) in [6, 6.07) is -0.0751. The van der Waals surface area contributed by atoms with Gasteiger partial charge in [-0.05, 0) is 19.1 Å². The molecule has 0 saturated carbocycles. The smallest absolute Gasteiger partial charge is 0.200 e. The Morgan fingerprint density at radius 1 is 0.944 bits per heavy atom. The average Bonchev–Trinajstić information content (AvgIpc) is 2.32. The molecule has 0 bridgehead atoms. The van der Waals surface area contributed by atoms with Crippen LogP contribution in [-0.2, 0) is 5.75 Å². The first kappa shape index (κ1) is 15.2. The Kier molecular flexibility index (Phi) is 5.40. The van der Waals surface area contributed by atoms with Gasteiger partial charge in [-0.1, -0.05) is 0 Å². The standard InChI is InChI=1S/C11H12F5NS/c1-5(17)2-3-18-4-6-7(12)9(14)11(16)10(15)8(6)13/h5H,2-4,17H2,1H3. The number of hydrogen-bond donors (Lipinski definition) is 1. The molecule has 2 N–H and O–H groups in total. The van der Waals surface area contributed by atoms with Gasteiger partial charge in [-0.2, -0.15) is 11.8 Å². The molecule has 0 aliphatic carbocycles. The molecule has 7 heteroatoms. The Bertz CT molecular complexity index is 407. The molecule has 0 aliphatic heterocycles. The first-order valence-corrected chi connectivity index (χ1v) is 6.35. The van der Waals surface area contributed by atoms with Crippen molar-refractivity contribution in [1.82, 2.24) is 0 Å². The van der Waals surface area contributed by atoms with Crippen molar-refractivity contribution in [3.05, 3.63) is 34.6 Å². The van der Waals surface area contributed by atoms with Crippen molar-refractivity contribution in [3.8, 4) is 0 Å². The largest absolute Gasteiger partial charge is 0.328 e. The number of halogens is 5. The highest BCUT2D eigenvalue weighted by Gasteiger charge is 2.25. The Balaban J connectivity index is 2.83. The summed E-state index contributed by atoms with van der Waals surface area (Å²) in [6.45, 7) is 1.76. The Hall–Kier alpha value is -0.820. The van der Waals surface area contributed by atoms with Crippen LogP contribution < -0.4 is 5.73 Å². The maximum Gasteiger partial charge on any atom is 0.200 e. The van der Waals surface area contributed by atoms with Crippen molar-refractivity contribution < 1.29 is 22.0 Å². The molecule has 0 fully saturated rings. The lowest BCUT2D eigenvalue weighted by molar-refractivity contribution is 0.372. The van der Waals surface area contributed by atoms with Crippen molar-refractivity contribution in [3.63, 3.8) is 0 Å². The van der Waals surface area contributed by atoms with Crippen LogP contribution in [0.2, 0.25) is 0 Å². The number of hydrogen-bond acceptors (Lipinski definition) is 2. The van der Waals surface area contributed by atoms with Crippen LogP contribution in [0.5, 0.6) is 0 Å². The molecule has 18 heavy (non-hydrogen) atoms. The lowest BCUT2D eigenvalue weighted by Gasteiger charge is -2.08. The average molecular weight is 285 g/mol. The first-order chi connectivity index (χ1) is 8.36. The molecule has 0 spiro atoms. The predicted molar refractivity (Wildman–Crippen MR) is 60.7 cm³/mol. The topological polar surface area (TPSA) is 26.0 Å². The van der Waals surface area contributed by atoms with Crippen LogP contribution in [-0.4, -0.2) is 11.8 Å². The number of benzene rings is 1. The lowest BCUT2D eigenvalue weighted by Crippen LogP contribution is -2.15. The van der Waals surface area contributed by atoms with Crippen LogP contribution in [0.25, 0.3) is 0 Å². The normalized spacial score (nSPS) is 12.8. The van der Waals surface area contributed by atoms with Crippen LogP contribution in [0.4, 0.5) is 22.0 Å². The third kappa shape index (κ3) is 3.35. The van der Waals surface area contributed by atoms with Crippen LogP contribution in [0.3, 0.4) is 0 Å². The summed E-state index contributed by atoms with van der Waals surface area (Å²) in [7, 11) is 0. The van der Waals surface area contributed by atoms with Crippen molar-refractivity contribution in [2.75, 3.05) is 5.75 Å². The van der Waals surface area contributed by atoms with Gasteiger partial charge < -0.3 is 5.73 Å². The van der Waals surface area contributed by atoms with Gasteiger partial charge in [-0.3, -0.25) is 0 Å². The van der Waals surface area contributed by atoms with E-state index in [1.165, 1.54) is 0 Å². The molecule has 0 saturated heterocycles. The van der Waals surface area contributed by atoms with Gasteiger partial charge >= 0.3 is 0 Å². The highest BCUT2D eigenvalue weighted by atomic mass is 32.2. The molecule has 102 valence electrons. The maximum absolute atomic E-state index is 13.2. The summed E-state index contributed by atoms with van der Waals surface area (Å²) in [5.41, 5.74) is 4.68. The van der Waals surface area contributed by atoms with Gasteiger partial charge in [0.1, 0.15) is 0 Å². The summed E-state index contributed by atoms with van der Waals surface area (Å²) in [5.74, 6) is -9.27. The SMILES string of the molecule is CC(N)CCSCc1c(F)c(F)c(F)c(F)c1F. The zero-order chi connectivity index (χ0) is 13.9. The third-order valence-corrected chi connectivity index (χ3v) is 3.28. The molecule has 1 aromatic carbocycles. The third-order valence-electron chi connectivity index (χ3n) is 2.26. The van der Waals surface area contributed by atoms with E-state index >= 15 is 0 Å². The number of nitrogens with two attached hydrogens (primary N) is 1. The Morgan fingerprint density at radius 3 is 1.83 bits per heavy atom. The van der Waals surface area contributed by atoms with Crippen LogP contribution in [0.15, 0.2) is 0 Å². The minimum Gasteiger partial charge on any atom is -0.328 e. The molecule has 1 rings (SSSR count). The Labute approximate surface area is 106 Å². The fourth-order valence-corrected chi connectivity index (χ4v) is 2.36. The second-order valence-electron chi connectivity index (χ2n) is 3.87. The zero-order valence-electron chi connectivity index (χ0n) is 9.57. The molecule has 1 unspecified atom stereocenters. The van der Waals surface area contributed by atoms with E-state index in [-0.39, 0.29) is 11.8 Å². The van der Waals surface area contributed by atoms with Gasteiger partial charge in [0, 0.05) is 17.4 Å². The van der Waals surface area contributed by atoms with Gasteiger partial charge in [0.15, 0.2) is 23.3 Å². The minimum atomic E-state index is -2.13. The first-order valence-electron chi connectivity index (χ1n) is 5.19. The van der Waals surface area contributed by atoms with Crippen LogP contribution >= 0.6 is 11.8 Å². The quantitative estimate of drug-likeness (QED) is 0.388. The molecule has 0 amide bonds. The summed E-state index contributed by atoms with van der Waals surface area (Å²) in [6.07, 6.45) is 0.597. The van der Waals surface area contributed by atoms with Crippen molar-refractivity contribution >= 4 is 11.8 Å². The predicted octanol–water partition coefficient (Wildman–Crippen LogP) is 3.35. The molecule has 0 radical (unpaired) electrons. The van der Waals surface area contributed by atoms with E-state index in [1.807, 2.05) is 0 Å². The van der Waals surface area contributed by atoms with Gasteiger partial charge in [0.2, 0.25) is 5.82 Å². The molecule has 1 aromatic rings. The lowest BCUT2D eigenvalue weighted by atomic mass is 10.2. The molecular formula is C11H12F5NS. The van der Waals surface area contributed by atoms with Crippen molar-refractivity contribution in [2.45, 2.75) is 25.1 Å². The van der Waals surface area contributed by atoms with E-state index in [0.29, 0.717) is 12.2 Å². The van der Waals surface area contributed by atoms with E-state index in [4.69, 9.17) is 5.73 Å². The molecule has 0 aliphatic rings. The van der Waals surface area contributed by atoms with E-state index in [0.717, 1.165) is 11.8 Å². The molecular weight excluding hydrogens is 273 g/mol. The van der Waals surface area contributed by atoms with Gasteiger partial charge in [0.25, 0.3) is 0 Å². The Morgan fingerprint density at radius 2 is 1.39 bits per heavy atom. The number of rotatable bonds is 5. The highest BCUT2D eigenvalue weighted by molar-refractivity contribution is 7.98. The fourth-order valence-electron chi connectivity index (χ4n) is 1.22. The minimum absolute atomic E-state index is 0.0751. The zero-order valence-corrected chi connectivity index (χ0v) is 10.4.